The van der Waals surface area contributed by atoms with Gasteiger partial charge in [-0.05, 0) is 92.8 Å². The van der Waals surface area contributed by atoms with Crippen LogP contribution in [0.25, 0.3) is 0 Å². The Morgan fingerprint density at radius 3 is 2.30 bits per heavy atom. The third-order valence-corrected chi connectivity index (χ3v) is 9.83. The molecule has 5 heteroatoms. The predicted octanol–water partition coefficient (Wildman–Crippen LogP) is 4.50. The molecule has 30 heavy (non-hydrogen) atoms. The Labute approximate surface area is 181 Å². The highest BCUT2D eigenvalue weighted by atomic mass is 16.5. The van der Waals surface area contributed by atoms with E-state index in [1.54, 1.807) is 0 Å². The summed E-state index contributed by atoms with van der Waals surface area (Å²) in [6, 6.07) is 0. The maximum Gasteiger partial charge on any atom is 0.302 e. The lowest BCUT2D eigenvalue weighted by Crippen LogP contribution is -2.60. The number of hydrogen-bond acceptors (Lipinski definition) is 5. The van der Waals surface area contributed by atoms with Gasteiger partial charge in [0.2, 0.25) is 0 Å². The summed E-state index contributed by atoms with van der Waals surface area (Å²) in [7, 11) is 0. The highest BCUT2D eigenvalue weighted by Crippen LogP contribution is 2.68. The standard InChI is InChI=1S/C25H40O5/c1-14(26)20-8-9-21-19-7-6-17-12-18(29-15(2)27)10-11-24(17,4)23(19)22(30-16(3)28)13-25(20,21)5/h14,17-23,26H,6-13H2,1-5H3/t14?,17-,18-,19-,20+,21-,22+,23+,24-,25+/m0/s1. The molecule has 1 N–H and O–H groups in total. The van der Waals surface area contributed by atoms with Crippen LogP contribution in [0.2, 0.25) is 0 Å². The van der Waals surface area contributed by atoms with Gasteiger partial charge in [0.15, 0.2) is 0 Å². The number of esters is 2. The minimum Gasteiger partial charge on any atom is -0.463 e. The van der Waals surface area contributed by atoms with Gasteiger partial charge in [-0.25, -0.2) is 0 Å². The molecule has 10 atom stereocenters. The molecule has 1 unspecified atom stereocenters. The van der Waals surface area contributed by atoms with Crippen LogP contribution in [-0.2, 0) is 19.1 Å². The lowest BCUT2D eigenvalue weighted by molar-refractivity contribution is -0.202. The van der Waals surface area contributed by atoms with Crippen molar-refractivity contribution in [1.29, 1.82) is 0 Å². The Kier molecular flexibility index (Phi) is 5.74. The van der Waals surface area contributed by atoms with Crippen LogP contribution in [0.4, 0.5) is 0 Å². The number of carbonyl (C=O) groups is 2. The van der Waals surface area contributed by atoms with Gasteiger partial charge in [-0.3, -0.25) is 9.59 Å². The fourth-order valence-corrected chi connectivity index (χ4v) is 8.80. The predicted molar refractivity (Wildman–Crippen MR) is 113 cm³/mol. The second kappa shape index (κ2) is 7.79. The van der Waals surface area contributed by atoms with E-state index in [0.29, 0.717) is 23.7 Å². The first-order valence-electron chi connectivity index (χ1n) is 12.1. The molecule has 4 aliphatic rings. The molecular weight excluding hydrogens is 380 g/mol. The number of rotatable bonds is 3. The van der Waals surface area contributed by atoms with Gasteiger partial charge < -0.3 is 14.6 Å². The first kappa shape index (κ1) is 22.1. The van der Waals surface area contributed by atoms with Crippen LogP contribution < -0.4 is 0 Å². The molecule has 0 aromatic carbocycles. The minimum atomic E-state index is -0.319. The fraction of sp³-hybridized carbons (Fsp3) is 0.920. The summed E-state index contributed by atoms with van der Waals surface area (Å²) in [4.78, 5) is 23.6. The summed E-state index contributed by atoms with van der Waals surface area (Å²) in [5.74, 6) is 1.93. The van der Waals surface area contributed by atoms with Crippen molar-refractivity contribution in [2.45, 2.75) is 104 Å². The van der Waals surface area contributed by atoms with E-state index in [9.17, 15) is 14.7 Å². The summed E-state index contributed by atoms with van der Waals surface area (Å²) in [5, 5.41) is 10.5. The molecule has 0 saturated heterocycles. The van der Waals surface area contributed by atoms with Crippen molar-refractivity contribution in [3.63, 3.8) is 0 Å². The molecule has 5 nitrogen and oxygen atoms in total. The second-order valence-corrected chi connectivity index (χ2v) is 11.4. The zero-order valence-electron chi connectivity index (χ0n) is 19.4. The number of hydrogen-bond donors (Lipinski definition) is 1. The number of aliphatic hydroxyl groups excluding tert-OH is 1. The van der Waals surface area contributed by atoms with E-state index in [-0.39, 0.29) is 47.0 Å². The SMILES string of the molecule is CC(=O)O[C@H]1CC[C@@]2(C)[C@@H](CC[C@@H]3[C@@H]2[C@H](OC(C)=O)C[C@]2(C)[C@@H](C(C)O)CC[C@@H]32)C1. The lowest BCUT2D eigenvalue weighted by atomic mass is 9.43. The molecule has 4 aliphatic carbocycles. The Bertz CT molecular complexity index is 689. The third-order valence-electron chi connectivity index (χ3n) is 9.83. The summed E-state index contributed by atoms with van der Waals surface area (Å²) in [5.41, 5.74) is 0.150. The molecule has 4 fully saturated rings. The summed E-state index contributed by atoms with van der Waals surface area (Å²) < 4.78 is 11.6. The van der Waals surface area contributed by atoms with Crippen LogP contribution in [0.1, 0.15) is 86.0 Å². The minimum absolute atomic E-state index is 0.0317. The summed E-state index contributed by atoms with van der Waals surface area (Å²) >= 11 is 0. The van der Waals surface area contributed by atoms with E-state index in [1.807, 2.05) is 6.92 Å². The molecule has 0 heterocycles. The zero-order valence-corrected chi connectivity index (χ0v) is 19.4. The first-order chi connectivity index (χ1) is 14.1. The Morgan fingerprint density at radius 1 is 0.967 bits per heavy atom. The monoisotopic (exact) mass is 420 g/mol. The highest BCUT2D eigenvalue weighted by molar-refractivity contribution is 5.66. The first-order valence-corrected chi connectivity index (χ1v) is 12.1. The van der Waals surface area contributed by atoms with Gasteiger partial charge in [-0.15, -0.1) is 0 Å². The Balaban J connectivity index is 1.65. The quantitative estimate of drug-likeness (QED) is 0.681. The molecule has 0 amide bonds. The molecule has 0 radical (unpaired) electrons. The van der Waals surface area contributed by atoms with Crippen LogP contribution in [0.15, 0.2) is 0 Å². The average molecular weight is 421 g/mol. The normalized spacial score (nSPS) is 48.7. The van der Waals surface area contributed by atoms with Crippen LogP contribution in [-0.4, -0.2) is 35.4 Å². The molecule has 4 rings (SSSR count). The molecule has 0 aromatic heterocycles. The van der Waals surface area contributed by atoms with E-state index in [0.717, 1.165) is 44.9 Å². The highest BCUT2D eigenvalue weighted by Gasteiger charge is 2.64. The Morgan fingerprint density at radius 2 is 1.67 bits per heavy atom. The summed E-state index contributed by atoms with van der Waals surface area (Å²) in [6.45, 7) is 9.73. The fourth-order valence-electron chi connectivity index (χ4n) is 8.80. The van der Waals surface area contributed by atoms with Crippen molar-refractivity contribution in [3.05, 3.63) is 0 Å². The summed E-state index contributed by atoms with van der Waals surface area (Å²) in [6.07, 6.45) is 7.93. The topological polar surface area (TPSA) is 72.8 Å². The van der Waals surface area contributed by atoms with Gasteiger partial charge in [-0.2, -0.15) is 0 Å². The second-order valence-electron chi connectivity index (χ2n) is 11.4. The van der Waals surface area contributed by atoms with Crippen molar-refractivity contribution in [3.8, 4) is 0 Å². The van der Waals surface area contributed by atoms with Gasteiger partial charge in [0, 0.05) is 19.8 Å². The number of ether oxygens (including phenoxy) is 2. The number of carbonyl (C=O) groups excluding carboxylic acids is 2. The van der Waals surface area contributed by atoms with E-state index in [2.05, 4.69) is 13.8 Å². The van der Waals surface area contributed by atoms with Crippen molar-refractivity contribution < 1.29 is 24.2 Å². The van der Waals surface area contributed by atoms with Crippen LogP contribution in [0.3, 0.4) is 0 Å². The van der Waals surface area contributed by atoms with Crippen LogP contribution in [0, 0.1) is 40.4 Å². The molecule has 0 bridgehead atoms. The smallest absolute Gasteiger partial charge is 0.302 e. The maximum absolute atomic E-state index is 12.1. The molecule has 4 saturated carbocycles. The zero-order chi connectivity index (χ0) is 21.8. The van der Waals surface area contributed by atoms with Crippen LogP contribution in [0.5, 0.6) is 0 Å². The van der Waals surface area contributed by atoms with Gasteiger partial charge >= 0.3 is 11.9 Å². The number of aliphatic hydroxyl groups is 1. The van der Waals surface area contributed by atoms with Crippen molar-refractivity contribution in [2.75, 3.05) is 0 Å². The number of fused-ring (bicyclic) bond motifs is 5. The van der Waals surface area contributed by atoms with Crippen molar-refractivity contribution in [2.24, 2.45) is 40.4 Å². The lowest BCUT2D eigenvalue weighted by Gasteiger charge is -2.63. The van der Waals surface area contributed by atoms with E-state index < -0.39 is 0 Å². The van der Waals surface area contributed by atoms with Gasteiger partial charge in [0.1, 0.15) is 12.2 Å². The van der Waals surface area contributed by atoms with E-state index in [1.165, 1.54) is 20.3 Å². The molecule has 0 spiro atoms. The van der Waals surface area contributed by atoms with Crippen molar-refractivity contribution in [1.82, 2.24) is 0 Å². The van der Waals surface area contributed by atoms with Gasteiger partial charge in [0.05, 0.1) is 6.10 Å². The van der Waals surface area contributed by atoms with Gasteiger partial charge in [-0.1, -0.05) is 13.8 Å². The largest absolute Gasteiger partial charge is 0.463 e. The molecular formula is C25H40O5. The third kappa shape index (κ3) is 3.49. The molecule has 0 aromatic rings. The molecule has 170 valence electrons. The maximum atomic E-state index is 12.1. The van der Waals surface area contributed by atoms with E-state index >= 15 is 0 Å². The van der Waals surface area contributed by atoms with Gasteiger partial charge in [0.25, 0.3) is 0 Å². The molecule has 0 aliphatic heterocycles. The van der Waals surface area contributed by atoms with Crippen LogP contribution >= 0.6 is 0 Å². The van der Waals surface area contributed by atoms with E-state index in [4.69, 9.17) is 9.47 Å². The van der Waals surface area contributed by atoms with Crippen molar-refractivity contribution >= 4 is 11.9 Å². The Hall–Kier alpha value is -1.10. The average Bonchev–Trinajstić information content (AvgIpc) is 2.97.